The van der Waals surface area contributed by atoms with Crippen molar-refractivity contribution in [2.75, 3.05) is 28.6 Å². The second-order valence-electron chi connectivity index (χ2n) is 11.1. The third kappa shape index (κ3) is 6.01. The van der Waals surface area contributed by atoms with Crippen molar-refractivity contribution in [1.82, 2.24) is 9.88 Å². The van der Waals surface area contributed by atoms with Gasteiger partial charge in [0.25, 0.3) is 11.5 Å². The van der Waals surface area contributed by atoms with E-state index >= 15 is 0 Å². The summed E-state index contributed by atoms with van der Waals surface area (Å²) in [5.74, 6) is 0.543. The van der Waals surface area contributed by atoms with E-state index in [0.717, 1.165) is 66.4 Å². The fourth-order valence-corrected chi connectivity index (χ4v) is 6.11. The van der Waals surface area contributed by atoms with Crippen LogP contribution < -0.4 is 26.4 Å². The van der Waals surface area contributed by atoms with Gasteiger partial charge in [-0.3, -0.25) is 9.59 Å². The van der Waals surface area contributed by atoms with Gasteiger partial charge < -0.3 is 25.4 Å². The second-order valence-corrected chi connectivity index (χ2v) is 11.5. The van der Waals surface area contributed by atoms with Crippen LogP contribution in [0.25, 0.3) is 0 Å². The van der Waals surface area contributed by atoms with Crippen LogP contribution in [0, 0.1) is 19.8 Å². The Balaban J connectivity index is 1.44. The lowest BCUT2D eigenvalue weighted by Gasteiger charge is -2.44. The molecule has 39 heavy (non-hydrogen) atoms. The number of aromatic nitrogens is 1. The minimum atomic E-state index is -0.101. The van der Waals surface area contributed by atoms with Gasteiger partial charge >= 0.3 is 0 Å². The molecule has 8 heteroatoms. The number of amides is 1. The molecular weight excluding hydrogens is 506 g/mol. The number of pyridine rings is 1. The number of nitrogens with one attached hydrogen (secondary N) is 3. The molecule has 0 radical (unpaired) electrons. The van der Waals surface area contributed by atoms with Crippen LogP contribution in [0.2, 0.25) is 0 Å². The van der Waals surface area contributed by atoms with Crippen molar-refractivity contribution < 1.29 is 4.79 Å². The zero-order valence-electron chi connectivity index (χ0n) is 23.1. The molecule has 0 unspecified atom stereocenters. The number of carbonyl (C=O) groups is 1. The fraction of sp³-hybridized carbons (Fsp3) is 0.387. The first kappa shape index (κ1) is 26.9. The maximum atomic E-state index is 13.0. The molecule has 2 bridgehead atoms. The molecule has 1 saturated heterocycles. The normalized spacial score (nSPS) is 18.6. The first-order valence-electron chi connectivity index (χ1n) is 13.8. The lowest BCUT2D eigenvalue weighted by atomic mass is 9.83. The van der Waals surface area contributed by atoms with E-state index in [1.807, 2.05) is 35.8 Å². The summed E-state index contributed by atoms with van der Waals surface area (Å²) in [6, 6.07) is 17.7. The van der Waals surface area contributed by atoms with E-state index in [-0.39, 0.29) is 23.4 Å². The largest absolute Gasteiger partial charge is 0.369 e. The number of hydrogen-bond donors (Lipinski definition) is 3. The number of fused-ring (bicyclic) bond motifs is 4. The van der Waals surface area contributed by atoms with E-state index in [1.54, 1.807) is 6.07 Å². The molecule has 3 heterocycles. The summed E-state index contributed by atoms with van der Waals surface area (Å²) in [6.45, 7) is 10.5. The Morgan fingerprint density at radius 2 is 1.79 bits per heavy atom. The molecule has 7 nitrogen and oxygen atoms in total. The highest BCUT2D eigenvalue weighted by molar-refractivity contribution is 7.80. The molecule has 3 aromatic rings. The van der Waals surface area contributed by atoms with Gasteiger partial charge in [0.05, 0.1) is 11.4 Å². The maximum Gasteiger partial charge on any atom is 0.251 e. The molecule has 1 aromatic heterocycles. The fourth-order valence-electron chi connectivity index (χ4n) is 5.89. The molecule has 3 atom stereocenters. The summed E-state index contributed by atoms with van der Waals surface area (Å²) in [5, 5.41) is 10.2. The third-order valence-electron chi connectivity index (χ3n) is 7.80. The van der Waals surface area contributed by atoms with Crippen LogP contribution in [0.3, 0.4) is 0 Å². The first-order chi connectivity index (χ1) is 18.7. The highest BCUT2D eigenvalue weighted by Crippen LogP contribution is 2.39. The summed E-state index contributed by atoms with van der Waals surface area (Å²) >= 11 is 5.73. The zero-order chi connectivity index (χ0) is 27.7. The van der Waals surface area contributed by atoms with Crippen molar-refractivity contribution in [1.29, 1.82) is 0 Å². The molecular formula is C31H37N5O2S. The quantitative estimate of drug-likeness (QED) is 0.360. The van der Waals surface area contributed by atoms with E-state index in [0.29, 0.717) is 16.6 Å². The van der Waals surface area contributed by atoms with Gasteiger partial charge in [-0.15, -0.1) is 0 Å². The summed E-state index contributed by atoms with van der Waals surface area (Å²) in [5.41, 5.74) is 6.80. The third-order valence-corrected chi connectivity index (χ3v) is 8.00. The summed E-state index contributed by atoms with van der Waals surface area (Å²) in [6.07, 6.45) is 1.94. The topological polar surface area (TPSA) is 78.4 Å². The standard InChI is InChI=1S/C31H37N5O2S/c1-5-21(4)32-30(38)23-9-10-28(26(15-23)34-31(39)33-25-12-19(2)11-20(3)13-25)35-16-22-14-24(18-35)27-7-6-8-29(37)36(27)17-22/h6-13,15,21-22,24H,5,14,16-18H2,1-4H3,(H,32,38)(H2,33,34,39)/t21-,22+,24-/m0/s1. The van der Waals surface area contributed by atoms with E-state index in [1.165, 1.54) is 0 Å². The van der Waals surface area contributed by atoms with Crippen molar-refractivity contribution in [2.45, 2.75) is 59.0 Å². The summed E-state index contributed by atoms with van der Waals surface area (Å²) in [7, 11) is 0. The number of thiocarbonyl (C=S) groups is 1. The van der Waals surface area contributed by atoms with Gasteiger partial charge in [0, 0.05) is 54.6 Å². The molecule has 0 saturated carbocycles. The predicted molar refractivity (Wildman–Crippen MR) is 163 cm³/mol. The van der Waals surface area contributed by atoms with Crippen molar-refractivity contribution >= 4 is 40.3 Å². The predicted octanol–water partition coefficient (Wildman–Crippen LogP) is 5.43. The lowest BCUT2D eigenvalue weighted by Crippen LogP contribution is -2.47. The Morgan fingerprint density at radius 3 is 2.54 bits per heavy atom. The van der Waals surface area contributed by atoms with Gasteiger partial charge in [-0.2, -0.15) is 0 Å². The zero-order valence-corrected chi connectivity index (χ0v) is 23.9. The van der Waals surface area contributed by atoms with E-state index in [4.69, 9.17) is 12.2 Å². The lowest BCUT2D eigenvalue weighted by molar-refractivity contribution is 0.0939. The van der Waals surface area contributed by atoms with Crippen LogP contribution >= 0.6 is 12.2 Å². The Labute approximate surface area is 235 Å². The number of aryl methyl sites for hydroxylation is 2. The molecule has 2 aliphatic heterocycles. The summed E-state index contributed by atoms with van der Waals surface area (Å²) in [4.78, 5) is 27.9. The minimum Gasteiger partial charge on any atom is -0.369 e. The molecule has 0 spiro atoms. The number of nitrogens with zero attached hydrogens (tertiary/aromatic N) is 2. The van der Waals surface area contributed by atoms with Crippen LogP contribution in [0.5, 0.6) is 0 Å². The van der Waals surface area contributed by atoms with Crippen LogP contribution in [0.15, 0.2) is 59.4 Å². The SMILES string of the molecule is CC[C@H](C)NC(=O)c1ccc(N2C[C@H]3C[C@@H](C2)c2cccc(=O)n2C3)c(NC(=S)Nc2cc(C)cc(C)c2)c1. The highest BCUT2D eigenvalue weighted by atomic mass is 32.1. The number of hydrogen-bond acceptors (Lipinski definition) is 4. The van der Waals surface area contributed by atoms with E-state index in [9.17, 15) is 9.59 Å². The molecule has 2 aromatic carbocycles. The van der Waals surface area contributed by atoms with Gasteiger partial charge in [0.1, 0.15) is 0 Å². The van der Waals surface area contributed by atoms with Gasteiger partial charge in [-0.25, -0.2) is 0 Å². The molecule has 1 fully saturated rings. The maximum absolute atomic E-state index is 13.0. The van der Waals surface area contributed by atoms with Crippen molar-refractivity contribution in [2.24, 2.45) is 5.92 Å². The monoisotopic (exact) mass is 543 g/mol. The molecule has 204 valence electrons. The van der Waals surface area contributed by atoms with Gasteiger partial charge in [0.2, 0.25) is 0 Å². The van der Waals surface area contributed by atoms with Gasteiger partial charge in [-0.05, 0) is 99.3 Å². The van der Waals surface area contributed by atoms with E-state index < -0.39 is 0 Å². The number of anilines is 3. The van der Waals surface area contributed by atoms with Crippen LogP contribution in [0.4, 0.5) is 17.1 Å². The molecule has 2 aliphatic rings. The smallest absolute Gasteiger partial charge is 0.251 e. The number of rotatable bonds is 6. The Hall–Kier alpha value is -3.65. The van der Waals surface area contributed by atoms with Gasteiger partial charge in [-0.1, -0.05) is 19.1 Å². The van der Waals surface area contributed by atoms with E-state index in [2.05, 4.69) is 65.9 Å². The number of carbonyl (C=O) groups excluding carboxylic acids is 1. The van der Waals surface area contributed by atoms with Crippen LogP contribution in [-0.4, -0.2) is 34.7 Å². The molecule has 1 amide bonds. The first-order valence-corrected chi connectivity index (χ1v) is 14.2. The average molecular weight is 544 g/mol. The summed E-state index contributed by atoms with van der Waals surface area (Å²) < 4.78 is 1.94. The molecule has 0 aliphatic carbocycles. The minimum absolute atomic E-state index is 0.0810. The Morgan fingerprint density at radius 1 is 1.03 bits per heavy atom. The van der Waals surface area contributed by atoms with Crippen molar-refractivity contribution in [3.8, 4) is 0 Å². The second kappa shape index (κ2) is 11.2. The highest BCUT2D eigenvalue weighted by Gasteiger charge is 2.35. The van der Waals surface area contributed by atoms with Crippen molar-refractivity contribution in [3.63, 3.8) is 0 Å². The molecule has 5 rings (SSSR count). The average Bonchev–Trinajstić information content (AvgIpc) is 2.88. The van der Waals surface area contributed by atoms with Crippen LogP contribution in [-0.2, 0) is 6.54 Å². The number of benzene rings is 2. The number of piperidine rings is 1. The molecule has 3 N–H and O–H groups in total. The van der Waals surface area contributed by atoms with Crippen LogP contribution in [0.1, 0.15) is 59.8 Å². The Bertz CT molecular complexity index is 1450. The van der Waals surface area contributed by atoms with Crippen molar-refractivity contribution in [3.05, 3.63) is 87.3 Å². The Kier molecular flexibility index (Phi) is 7.75. The van der Waals surface area contributed by atoms with Gasteiger partial charge in [0.15, 0.2) is 5.11 Å².